The summed E-state index contributed by atoms with van der Waals surface area (Å²) in [5.41, 5.74) is 22.0. The van der Waals surface area contributed by atoms with Crippen LogP contribution in [0.3, 0.4) is 0 Å². The molecule has 2 aliphatic rings. The summed E-state index contributed by atoms with van der Waals surface area (Å²) in [6.07, 6.45) is 0. The minimum atomic E-state index is -0.169. The van der Waals surface area contributed by atoms with Crippen molar-refractivity contribution in [2.24, 2.45) is 0 Å². The number of ether oxygens (including phenoxy) is 1. The normalized spacial score (nSPS) is 12.7. The van der Waals surface area contributed by atoms with Gasteiger partial charge in [0.1, 0.15) is 11.5 Å². The predicted molar refractivity (Wildman–Crippen MR) is 271 cm³/mol. The van der Waals surface area contributed by atoms with E-state index in [-0.39, 0.29) is 5.41 Å². The average Bonchev–Trinajstić information content (AvgIpc) is 3.49. The number of fused-ring (bicyclic) bond motifs is 8. The Kier molecular flexibility index (Phi) is 9.21. The molecule has 0 fully saturated rings. The lowest BCUT2D eigenvalue weighted by Gasteiger charge is -2.30. The Balaban J connectivity index is 1.06. The van der Waals surface area contributed by atoms with E-state index in [9.17, 15) is 0 Å². The fourth-order valence-corrected chi connectivity index (χ4v) is 10.2. The zero-order valence-electron chi connectivity index (χ0n) is 36.4. The highest BCUT2D eigenvalue weighted by Crippen LogP contribution is 2.55. The van der Waals surface area contributed by atoms with Crippen LogP contribution >= 0.6 is 0 Å². The van der Waals surface area contributed by atoms with Gasteiger partial charge in [0.25, 0.3) is 0 Å². The highest BCUT2D eigenvalue weighted by atomic mass is 16.5. The lowest BCUT2D eigenvalue weighted by Crippen LogP contribution is -2.17. The quantitative estimate of drug-likeness (QED) is 0.159. The Bertz CT molecular complexity index is 3410. The van der Waals surface area contributed by atoms with Crippen molar-refractivity contribution in [1.29, 1.82) is 0 Å². The van der Waals surface area contributed by atoms with Crippen LogP contribution in [0.15, 0.2) is 237 Å². The van der Waals surface area contributed by atoms with Gasteiger partial charge in [-0.15, -0.1) is 0 Å². The molecule has 0 N–H and O–H groups in total. The van der Waals surface area contributed by atoms with E-state index in [1.54, 1.807) is 0 Å². The molecule has 0 radical (unpaired) electrons. The molecule has 2 nitrogen and oxygen atoms in total. The van der Waals surface area contributed by atoms with E-state index in [0.717, 1.165) is 73.1 Å². The first kappa shape index (κ1) is 38.5. The number of benzene rings is 10. The standard InChI is InChI=1S/C63H45NO/c1-63(2)57-25-13-12-24-52(57)53-37-34-51(41-58(53)63)64(50-23-14-22-47(38-50)43-18-8-4-9-19-43)59-26-15-27-60-62(59)55-36-33-48(44-20-10-5-11-21-44)39-56(55)54-35-32-49(40-61(54)65-60)46-30-28-45(29-31-46)42-16-6-3-7-17-42/h3-41H,1-2H3. The maximum absolute atomic E-state index is 7.26. The molecular formula is C63H45NO. The summed E-state index contributed by atoms with van der Waals surface area (Å²) in [4.78, 5) is 2.44. The molecule has 0 atom stereocenters. The van der Waals surface area contributed by atoms with Crippen molar-refractivity contribution in [3.05, 3.63) is 248 Å². The van der Waals surface area contributed by atoms with Crippen molar-refractivity contribution < 1.29 is 4.74 Å². The van der Waals surface area contributed by atoms with Gasteiger partial charge in [0.2, 0.25) is 0 Å². The van der Waals surface area contributed by atoms with Gasteiger partial charge < -0.3 is 9.64 Å². The lowest BCUT2D eigenvalue weighted by molar-refractivity contribution is 0.488. The van der Waals surface area contributed by atoms with Crippen molar-refractivity contribution in [3.63, 3.8) is 0 Å². The summed E-state index contributed by atoms with van der Waals surface area (Å²) < 4.78 is 7.26. The number of nitrogens with zero attached hydrogens (tertiary/aromatic N) is 1. The van der Waals surface area contributed by atoms with Crippen molar-refractivity contribution >= 4 is 17.1 Å². The maximum atomic E-state index is 7.26. The Labute approximate surface area is 381 Å². The first-order valence-electron chi connectivity index (χ1n) is 22.5. The van der Waals surface area contributed by atoms with Gasteiger partial charge in [0.15, 0.2) is 0 Å². The minimum Gasteiger partial charge on any atom is -0.456 e. The second-order valence-corrected chi connectivity index (χ2v) is 17.7. The van der Waals surface area contributed by atoms with Gasteiger partial charge >= 0.3 is 0 Å². The molecule has 65 heavy (non-hydrogen) atoms. The number of rotatable bonds is 7. The summed E-state index contributed by atoms with van der Waals surface area (Å²) >= 11 is 0. The molecule has 0 amide bonds. The van der Waals surface area contributed by atoms with Crippen molar-refractivity contribution in [3.8, 4) is 89.4 Å². The van der Waals surface area contributed by atoms with Crippen LogP contribution in [0, 0.1) is 0 Å². The van der Waals surface area contributed by atoms with Crippen molar-refractivity contribution in [1.82, 2.24) is 0 Å². The molecule has 1 aliphatic carbocycles. The van der Waals surface area contributed by atoms with Gasteiger partial charge in [-0.1, -0.05) is 196 Å². The molecule has 10 aromatic carbocycles. The van der Waals surface area contributed by atoms with Crippen LogP contribution in [0.5, 0.6) is 11.5 Å². The first-order chi connectivity index (χ1) is 32.0. The third kappa shape index (κ3) is 6.65. The molecule has 2 heteroatoms. The van der Waals surface area contributed by atoms with E-state index in [1.807, 2.05) is 0 Å². The monoisotopic (exact) mass is 831 g/mol. The predicted octanol–water partition coefficient (Wildman–Crippen LogP) is 17.6. The van der Waals surface area contributed by atoms with Crippen LogP contribution in [-0.4, -0.2) is 0 Å². The zero-order chi connectivity index (χ0) is 43.5. The number of hydrogen-bond acceptors (Lipinski definition) is 2. The summed E-state index contributed by atoms with van der Waals surface area (Å²) in [6.45, 7) is 4.71. The molecule has 308 valence electrons. The fraction of sp³-hybridized carbons (Fsp3) is 0.0476. The lowest BCUT2D eigenvalue weighted by atomic mass is 9.82. The third-order valence-corrected chi connectivity index (χ3v) is 13.5. The molecular weight excluding hydrogens is 787 g/mol. The van der Waals surface area contributed by atoms with E-state index in [4.69, 9.17) is 4.74 Å². The molecule has 0 unspecified atom stereocenters. The molecule has 12 rings (SSSR count). The third-order valence-electron chi connectivity index (χ3n) is 13.5. The van der Waals surface area contributed by atoms with Gasteiger partial charge in [-0.25, -0.2) is 0 Å². The Morgan fingerprint density at radius 2 is 0.800 bits per heavy atom. The van der Waals surface area contributed by atoms with Crippen LogP contribution in [-0.2, 0) is 5.41 Å². The van der Waals surface area contributed by atoms with E-state index in [0.29, 0.717) is 0 Å². The maximum Gasteiger partial charge on any atom is 0.137 e. The van der Waals surface area contributed by atoms with Gasteiger partial charge in [-0.3, -0.25) is 0 Å². The van der Waals surface area contributed by atoms with Crippen molar-refractivity contribution in [2.45, 2.75) is 19.3 Å². The van der Waals surface area contributed by atoms with Crippen LogP contribution < -0.4 is 9.64 Å². The van der Waals surface area contributed by atoms with Gasteiger partial charge in [-0.05, 0) is 132 Å². The molecule has 0 spiro atoms. The smallest absolute Gasteiger partial charge is 0.137 e. The number of anilines is 3. The van der Waals surface area contributed by atoms with E-state index < -0.39 is 0 Å². The molecule has 0 saturated heterocycles. The average molecular weight is 832 g/mol. The Morgan fingerprint density at radius 1 is 0.308 bits per heavy atom. The summed E-state index contributed by atoms with van der Waals surface area (Å²) in [5, 5.41) is 0. The zero-order valence-corrected chi connectivity index (χ0v) is 36.4. The summed E-state index contributed by atoms with van der Waals surface area (Å²) in [5.74, 6) is 1.64. The Morgan fingerprint density at radius 3 is 1.51 bits per heavy atom. The highest BCUT2D eigenvalue weighted by Gasteiger charge is 2.36. The molecule has 1 aliphatic heterocycles. The molecule has 10 aromatic rings. The van der Waals surface area contributed by atoms with Crippen LogP contribution in [0.2, 0.25) is 0 Å². The second kappa shape index (κ2) is 15.6. The number of hydrogen-bond donors (Lipinski definition) is 0. The van der Waals surface area contributed by atoms with E-state index in [1.165, 1.54) is 44.5 Å². The minimum absolute atomic E-state index is 0.169. The van der Waals surface area contributed by atoms with E-state index in [2.05, 4.69) is 255 Å². The van der Waals surface area contributed by atoms with Crippen LogP contribution in [0.25, 0.3) is 77.9 Å². The molecule has 1 heterocycles. The summed E-state index contributed by atoms with van der Waals surface area (Å²) in [6, 6.07) is 85.7. The van der Waals surface area contributed by atoms with E-state index >= 15 is 0 Å². The highest BCUT2D eigenvalue weighted by molar-refractivity contribution is 6.01. The molecule has 0 bridgehead atoms. The fourth-order valence-electron chi connectivity index (χ4n) is 10.2. The van der Waals surface area contributed by atoms with Crippen LogP contribution in [0.4, 0.5) is 17.1 Å². The van der Waals surface area contributed by atoms with Crippen molar-refractivity contribution in [2.75, 3.05) is 4.90 Å². The Hall–Kier alpha value is -8.20. The SMILES string of the molecule is CC1(C)c2ccccc2-c2ccc(N(c3cccc(-c4ccccc4)c3)c3cccc4c3-c3ccc(-c5ccccc5)cc3-c3ccc(-c5ccc(-c6ccccc6)cc5)cc3O4)cc21. The first-order valence-corrected chi connectivity index (χ1v) is 22.5. The second-order valence-electron chi connectivity index (χ2n) is 17.7. The largest absolute Gasteiger partial charge is 0.456 e. The summed E-state index contributed by atoms with van der Waals surface area (Å²) in [7, 11) is 0. The van der Waals surface area contributed by atoms with Gasteiger partial charge in [-0.2, -0.15) is 0 Å². The topological polar surface area (TPSA) is 12.5 Å². The molecule has 0 aromatic heterocycles. The van der Waals surface area contributed by atoms with Crippen LogP contribution in [0.1, 0.15) is 25.0 Å². The van der Waals surface area contributed by atoms with Gasteiger partial charge in [0, 0.05) is 27.9 Å². The molecule has 0 saturated carbocycles. The van der Waals surface area contributed by atoms with Gasteiger partial charge in [0.05, 0.1) is 5.69 Å².